The number of aliphatic carboxylic acids is 1. The summed E-state index contributed by atoms with van der Waals surface area (Å²) in [4.78, 5) is 40.9. The van der Waals surface area contributed by atoms with E-state index in [0.717, 1.165) is 12.1 Å². The minimum Gasteiger partial charge on any atom is -0.481 e. The quantitative estimate of drug-likeness (QED) is 0.0224. The molecule has 29 nitrogen and oxygen atoms in total. The summed E-state index contributed by atoms with van der Waals surface area (Å²) in [6.45, 7) is 6.87. The number of carboxylic acids is 1. The molecule has 0 aromatic heterocycles. The number of rotatable bonds is 26. The summed E-state index contributed by atoms with van der Waals surface area (Å²) in [5.74, 6) is -5.66. The van der Waals surface area contributed by atoms with Crippen LogP contribution in [0.1, 0.15) is 97.1 Å². The molecule has 10 N–H and O–H groups in total. The lowest BCUT2D eigenvalue weighted by Crippen LogP contribution is -2.53. The summed E-state index contributed by atoms with van der Waals surface area (Å²) < 4.78 is 245. The molecule has 2 unspecified atom stereocenters. The number of fused-ring (bicyclic) bond motifs is 6. The van der Waals surface area contributed by atoms with Crippen molar-refractivity contribution in [2.45, 2.75) is 122 Å². The number of hydrogen-bond acceptors (Lipinski definition) is 19. The fourth-order valence-corrected chi connectivity index (χ4v) is 16.3. The average Bonchev–Trinajstić information content (AvgIpc) is 1.58. The topological polar surface area (TPSA) is 483 Å². The lowest BCUT2D eigenvalue weighted by atomic mass is 9.68. The minimum absolute atomic E-state index is 0.104. The molecule has 0 radical (unpaired) electrons. The van der Waals surface area contributed by atoms with E-state index in [4.69, 9.17) is 0 Å². The number of amides is 2. The van der Waals surface area contributed by atoms with Crippen LogP contribution in [0.2, 0.25) is 0 Å². The van der Waals surface area contributed by atoms with Gasteiger partial charge in [0.15, 0.2) is 0 Å². The number of carbonyl (C=O) groups is 3. The molecule has 3 aliphatic rings. The second kappa shape index (κ2) is 25.6. The van der Waals surface area contributed by atoms with Crippen molar-refractivity contribution in [2.75, 3.05) is 53.2 Å². The van der Waals surface area contributed by atoms with Crippen LogP contribution >= 0.6 is 0 Å². The molecule has 4 aromatic carbocycles. The van der Waals surface area contributed by atoms with E-state index in [1.807, 2.05) is 0 Å². The van der Waals surface area contributed by atoms with Crippen LogP contribution < -0.4 is 20.4 Å². The normalized spacial score (nSPS) is 20.5. The van der Waals surface area contributed by atoms with Crippen LogP contribution in [-0.2, 0) is 96.0 Å². The Hall–Kier alpha value is -6.26. The van der Waals surface area contributed by atoms with E-state index in [2.05, 4.69) is 10.6 Å². The van der Waals surface area contributed by atoms with Gasteiger partial charge in [-0.25, -0.2) is 0 Å². The summed E-state index contributed by atoms with van der Waals surface area (Å²) in [5, 5.41) is 13.7. The molecule has 36 heteroatoms. The number of unbranched alkanes of at least 4 members (excludes halogenated alkanes) is 2. The molecule has 1 aliphatic carbocycles. The Morgan fingerprint density at radius 1 is 0.538 bits per heavy atom. The molecular weight excluding hydrogens is 1340 g/mol. The fraction of sp³-hybridized carbons (Fsp3) is 0.436. The predicted octanol–water partition coefficient (Wildman–Crippen LogP) is 5.03. The first-order valence-corrected chi connectivity index (χ1v) is 38.2. The predicted molar refractivity (Wildman–Crippen MR) is 332 cm³/mol. The van der Waals surface area contributed by atoms with Crippen molar-refractivity contribution in [2.24, 2.45) is 5.41 Å². The highest BCUT2D eigenvalue weighted by Crippen LogP contribution is 2.57. The van der Waals surface area contributed by atoms with Gasteiger partial charge in [-0.05, 0) is 121 Å². The lowest BCUT2D eigenvalue weighted by Gasteiger charge is -2.44. The van der Waals surface area contributed by atoms with E-state index in [0.29, 0.717) is 18.6 Å². The van der Waals surface area contributed by atoms with E-state index in [-0.39, 0.29) is 113 Å². The number of carbonyl (C=O) groups excluding carboxylic acids is 2. The van der Waals surface area contributed by atoms with Crippen molar-refractivity contribution in [3.63, 3.8) is 0 Å². The van der Waals surface area contributed by atoms with Crippen molar-refractivity contribution in [3.05, 3.63) is 107 Å². The monoisotopic (exact) mass is 1410 g/mol. The Balaban J connectivity index is 1.50. The maximum atomic E-state index is 15.1. The Kier molecular flexibility index (Phi) is 20.3. The number of hydrogen-bond donors (Lipinski definition) is 10. The van der Waals surface area contributed by atoms with Crippen molar-refractivity contribution in [1.82, 2.24) is 10.6 Å². The standard InChI is InChI=1S/C55H68N4O25S7/c1-52(2)46(58(22-9-24-85(64,65)66)42-15-13-38-40(48(42)52)28-36(88(73,74)75)30-44(38)90(79,80)81)17-12-34-27-35(33-55(32-34,51(63)57-21-26-87(70,71)72)50(62)56-20-8-6-7-11-47(60)61)18-19-54(5)53(3,4)49-41-29-37(89(76,77)78)31-45(91(82,83)84)39(41)14-16-43(49)59(54)23-10-25-86(67,68)69/h12-19,27-31H,6-11,20-26,32-33H2,1-5H3,(H,56,62)(H,57,63)(H,60,61)(H,64,65,66)(H,67,68,69)(H,70,71,72)(H,73,74,75)(H,76,77,78)(H,79,80,81)(H,82,83,84)/b19-18+,34-12-,46-17+. The third-order valence-electron chi connectivity index (χ3n) is 16.7. The molecule has 0 saturated carbocycles. The van der Waals surface area contributed by atoms with Crippen LogP contribution in [0, 0.1) is 5.41 Å². The first kappa shape index (κ1) is 72.2. The number of nitrogens with one attached hydrogen (secondary N) is 2. The van der Waals surface area contributed by atoms with E-state index >= 15 is 4.79 Å². The Morgan fingerprint density at radius 3 is 1.53 bits per heavy atom. The van der Waals surface area contributed by atoms with Gasteiger partial charge in [0.05, 0.1) is 32.6 Å². The number of allylic oxidation sites excluding steroid dienone is 7. The van der Waals surface area contributed by atoms with Crippen LogP contribution in [0.25, 0.3) is 21.5 Å². The largest absolute Gasteiger partial charge is 0.481 e. The number of anilines is 2. The van der Waals surface area contributed by atoms with Gasteiger partial charge in [0.25, 0.3) is 70.8 Å². The Labute approximate surface area is 526 Å². The molecule has 2 heterocycles. The van der Waals surface area contributed by atoms with Crippen molar-refractivity contribution in [1.29, 1.82) is 0 Å². The average molecular weight is 1410 g/mol. The van der Waals surface area contributed by atoms with Gasteiger partial charge < -0.3 is 25.5 Å². The molecule has 4 aromatic rings. The number of benzene rings is 4. The summed E-state index contributed by atoms with van der Waals surface area (Å²) in [6, 6.07) is 8.37. The van der Waals surface area contributed by atoms with Crippen LogP contribution in [0.3, 0.4) is 0 Å². The van der Waals surface area contributed by atoms with E-state index < -0.39 is 167 Å². The van der Waals surface area contributed by atoms with Crippen LogP contribution in [0.15, 0.2) is 115 Å². The van der Waals surface area contributed by atoms with Crippen molar-refractivity contribution >= 4 is 122 Å². The van der Waals surface area contributed by atoms with Gasteiger partial charge in [0.1, 0.15) is 15.2 Å². The Morgan fingerprint density at radius 2 is 1.03 bits per heavy atom. The smallest absolute Gasteiger partial charge is 0.303 e. The first-order valence-electron chi connectivity index (χ1n) is 27.7. The molecule has 0 spiro atoms. The molecule has 0 bridgehead atoms. The van der Waals surface area contributed by atoms with E-state index in [1.54, 1.807) is 56.6 Å². The van der Waals surface area contributed by atoms with Crippen LogP contribution in [0.5, 0.6) is 0 Å². The second-order valence-electron chi connectivity index (χ2n) is 23.6. The van der Waals surface area contributed by atoms with Crippen molar-refractivity contribution in [3.8, 4) is 0 Å². The summed E-state index contributed by atoms with van der Waals surface area (Å²) in [7, 11) is -34.7. The minimum atomic E-state index is -5.22. The summed E-state index contributed by atoms with van der Waals surface area (Å²) in [5.41, 5.74) is -5.18. The third kappa shape index (κ3) is 15.9. The number of carboxylic acid groups (broad SMARTS) is 1. The first-order chi connectivity index (χ1) is 41.5. The van der Waals surface area contributed by atoms with Gasteiger partial charge in [-0.15, -0.1) is 0 Å². The molecule has 2 amide bonds. The highest BCUT2D eigenvalue weighted by atomic mass is 32.2. The van der Waals surface area contributed by atoms with Gasteiger partial charge in [-0.2, -0.15) is 58.9 Å². The molecular formula is C55H68N4O25S7. The molecule has 91 heavy (non-hydrogen) atoms. The molecule has 0 saturated heterocycles. The molecule has 500 valence electrons. The van der Waals surface area contributed by atoms with Gasteiger partial charge >= 0.3 is 5.97 Å². The molecule has 0 fully saturated rings. The highest BCUT2D eigenvalue weighted by Gasteiger charge is 2.54. The zero-order valence-electron chi connectivity index (χ0n) is 49.4. The van der Waals surface area contributed by atoms with Gasteiger partial charge in [0, 0.05) is 71.3 Å². The van der Waals surface area contributed by atoms with E-state index in [1.165, 1.54) is 42.5 Å². The maximum Gasteiger partial charge on any atom is 0.303 e. The maximum absolute atomic E-state index is 15.1. The number of nitrogens with zero attached hydrogens (tertiary/aromatic N) is 2. The highest BCUT2D eigenvalue weighted by molar-refractivity contribution is 7.87. The van der Waals surface area contributed by atoms with Gasteiger partial charge in [-0.3, -0.25) is 46.3 Å². The zero-order valence-corrected chi connectivity index (χ0v) is 55.1. The molecule has 2 aliphatic heterocycles. The SMILES string of the molecule is CC1(C)/C(=C\C=C2C=C(/C=C/C3(C)N(CCCS(=O)(=O)O)c4ccc5c(S(=O)(=O)O)cc(S(=O)(=O)O)cc5c4C3(C)C)CC(C(=O)NCCCCCC(=O)O)(C(=O)NCCS(=O)(=O)O)C\2)N(CCCS(=O)(=O)O)c2ccc3c(S(=O)(=O)O)cc(S(=O)(=O)O)cc3c21. The molecule has 7 rings (SSSR count). The summed E-state index contributed by atoms with van der Waals surface area (Å²) >= 11 is 0. The third-order valence-corrected chi connectivity index (χ3v) is 22.5. The van der Waals surface area contributed by atoms with Crippen molar-refractivity contribution < 1.29 is 110 Å². The lowest BCUT2D eigenvalue weighted by molar-refractivity contribution is -0.144. The van der Waals surface area contributed by atoms with Crippen LogP contribution in [0.4, 0.5) is 11.4 Å². The van der Waals surface area contributed by atoms with E-state index in [9.17, 15) is 105 Å². The van der Waals surface area contributed by atoms with Gasteiger partial charge in [0.2, 0.25) is 11.8 Å². The van der Waals surface area contributed by atoms with Crippen LogP contribution in [-0.4, -0.2) is 163 Å². The zero-order chi connectivity index (χ0) is 68.3. The van der Waals surface area contributed by atoms with Gasteiger partial charge in [-0.1, -0.05) is 70.6 Å². The Bertz CT molecular complexity index is 4660. The molecule has 2 atom stereocenters. The second-order valence-corrected chi connectivity index (χ2v) is 34.0. The summed E-state index contributed by atoms with van der Waals surface area (Å²) in [6.07, 6.45) is 6.51. The fourth-order valence-electron chi connectivity index (χ4n) is 12.3.